The molecule has 1 N–H and O–H groups in total. The first-order valence-corrected chi connectivity index (χ1v) is 8.95. The molecule has 0 saturated heterocycles. The van der Waals surface area contributed by atoms with Gasteiger partial charge in [0.25, 0.3) is 5.89 Å². The normalized spacial score (nSPS) is 10.9. The lowest BCUT2D eigenvalue weighted by molar-refractivity contribution is -0.121. The van der Waals surface area contributed by atoms with E-state index in [1.165, 1.54) is 30.3 Å². The third-order valence-corrected chi connectivity index (χ3v) is 4.38. The van der Waals surface area contributed by atoms with E-state index in [4.69, 9.17) is 4.52 Å². The number of nitrogens with zero attached hydrogens (tertiary/aromatic N) is 3. The standard InChI is InChI=1S/C21H15F3N4O2/c22-15-6-3-13(4-7-15)20-26-21(30-27-20)18-2-1-9-28(18)12-19(29)25-11-14-5-8-16(23)10-17(14)24/h1-10H,11-12H2,(H,25,29). The quantitative estimate of drug-likeness (QED) is 0.521. The molecule has 0 bridgehead atoms. The number of aromatic nitrogens is 3. The monoisotopic (exact) mass is 412 g/mol. The second kappa shape index (κ2) is 8.24. The Labute approximate surface area is 169 Å². The Morgan fingerprint density at radius 2 is 1.80 bits per heavy atom. The van der Waals surface area contributed by atoms with E-state index in [-0.39, 0.29) is 42.1 Å². The minimum atomic E-state index is -0.726. The summed E-state index contributed by atoms with van der Waals surface area (Å²) in [7, 11) is 0. The molecule has 2 heterocycles. The third kappa shape index (κ3) is 4.24. The minimum absolute atomic E-state index is 0.0700. The predicted octanol–water partition coefficient (Wildman–Crippen LogP) is 3.94. The highest BCUT2D eigenvalue weighted by molar-refractivity contribution is 5.76. The Bertz CT molecular complexity index is 1190. The first-order valence-electron chi connectivity index (χ1n) is 8.95. The number of amides is 1. The van der Waals surface area contributed by atoms with Gasteiger partial charge in [-0.3, -0.25) is 4.79 Å². The molecule has 152 valence electrons. The molecule has 4 aromatic rings. The number of nitrogens with one attached hydrogen (secondary N) is 1. The van der Waals surface area contributed by atoms with Crippen molar-refractivity contribution >= 4 is 5.91 Å². The number of carbonyl (C=O) groups is 1. The summed E-state index contributed by atoms with van der Waals surface area (Å²) in [5.41, 5.74) is 1.28. The van der Waals surface area contributed by atoms with Crippen LogP contribution in [0.25, 0.3) is 23.0 Å². The van der Waals surface area contributed by atoms with Crippen LogP contribution >= 0.6 is 0 Å². The predicted molar refractivity (Wildman–Crippen MR) is 101 cm³/mol. The van der Waals surface area contributed by atoms with Crippen LogP contribution in [-0.2, 0) is 17.9 Å². The van der Waals surface area contributed by atoms with Gasteiger partial charge in [-0.25, -0.2) is 13.2 Å². The van der Waals surface area contributed by atoms with Crippen LogP contribution < -0.4 is 5.32 Å². The number of benzene rings is 2. The molecule has 0 aliphatic carbocycles. The molecule has 0 spiro atoms. The van der Waals surface area contributed by atoms with E-state index in [0.717, 1.165) is 12.1 Å². The van der Waals surface area contributed by atoms with Crippen molar-refractivity contribution in [2.75, 3.05) is 0 Å². The third-order valence-electron chi connectivity index (χ3n) is 4.38. The van der Waals surface area contributed by atoms with Crippen molar-refractivity contribution in [1.29, 1.82) is 0 Å². The van der Waals surface area contributed by atoms with Gasteiger partial charge >= 0.3 is 0 Å². The van der Waals surface area contributed by atoms with Gasteiger partial charge in [0.2, 0.25) is 11.7 Å². The topological polar surface area (TPSA) is 73.0 Å². The molecule has 0 aliphatic heterocycles. The first-order chi connectivity index (χ1) is 14.5. The molecule has 0 fully saturated rings. The van der Waals surface area contributed by atoms with Crippen LogP contribution in [0.3, 0.4) is 0 Å². The zero-order valence-corrected chi connectivity index (χ0v) is 15.5. The van der Waals surface area contributed by atoms with E-state index < -0.39 is 11.6 Å². The van der Waals surface area contributed by atoms with Gasteiger partial charge < -0.3 is 14.4 Å². The fourth-order valence-electron chi connectivity index (χ4n) is 2.86. The summed E-state index contributed by atoms with van der Waals surface area (Å²) in [6, 6.07) is 12.2. The van der Waals surface area contributed by atoms with Crippen molar-refractivity contribution in [3.05, 3.63) is 83.8 Å². The maximum absolute atomic E-state index is 13.7. The van der Waals surface area contributed by atoms with Crippen molar-refractivity contribution in [1.82, 2.24) is 20.0 Å². The zero-order valence-electron chi connectivity index (χ0n) is 15.5. The maximum Gasteiger partial charge on any atom is 0.274 e. The van der Waals surface area contributed by atoms with Crippen molar-refractivity contribution in [3.63, 3.8) is 0 Å². The first kappa shape index (κ1) is 19.4. The van der Waals surface area contributed by atoms with E-state index >= 15 is 0 Å². The molecule has 2 aromatic carbocycles. The maximum atomic E-state index is 13.7. The summed E-state index contributed by atoms with van der Waals surface area (Å²) < 4.78 is 46.6. The Morgan fingerprint density at radius 1 is 1.03 bits per heavy atom. The number of halogens is 3. The zero-order chi connectivity index (χ0) is 21.1. The second-order valence-corrected chi connectivity index (χ2v) is 6.46. The SMILES string of the molecule is O=C(Cn1cccc1-c1nc(-c2ccc(F)cc2)no1)NCc1ccc(F)cc1F. The van der Waals surface area contributed by atoms with Crippen LogP contribution in [0.15, 0.2) is 65.3 Å². The Hall–Kier alpha value is -3.88. The molecule has 0 saturated carbocycles. The Balaban J connectivity index is 1.44. The van der Waals surface area contributed by atoms with Gasteiger partial charge in [0.05, 0.1) is 0 Å². The lowest BCUT2D eigenvalue weighted by Gasteiger charge is -2.09. The average Bonchev–Trinajstić information content (AvgIpc) is 3.37. The molecule has 2 aromatic heterocycles. The van der Waals surface area contributed by atoms with Gasteiger partial charge in [-0.2, -0.15) is 4.98 Å². The largest absolute Gasteiger partial charge is 0.350 e. The summed E-state index contributed by atoms with van der Waals surface area (Å²) in [6.45, 7) is -0.143. The van der Waals surface area contributed by atoms with E-state index in [9.17, 15) is 18.0 Å². The van der Waals surface area contributed by atoms with E-state index in [0.29, 0.717) is 11.3 Å². The molecule has 30 heavy (non-hydrogen) atoms. The van der Waals surface area contributed by atoms with Crippen molar-refractivity contribution in [3.8, 4) is 23.0 Å². The van der Waals surface area contributed by atoms with E-state index in [1.54, 1.807) is 22.9 Å². The van der Waals surface area contributed by atoms with Crippen LogP contribution in [0, 0.1) is 17.5 Å². The fraction of sp³-hybridized carbons (Fsp3) is 0.0952. The Morgan fingerprint density at radius 3 is 2.57 bits per heavy atom. The number of hydrogen-bond donors (Lipinski definition) is 1. The highest BCUT2D eigenvalue weighted by atomic mass is 19.1. The highest BCUT2D eigenvalue weighted by Crippen LogP contribution is 2.23. The summed E-state index contributed by atoms with van der Waals surface area (Å²) in [5, 5.41) is 6.48. The summed E-state index contributed by atoms with van der Waals surface area (Å²) in [4.78, 5) is 16.6. The molecule has 0 radical (unpaired) electrons. The average molecular weight is 412 g/mol. The van der Waals surface area contributed by atoms with Crippen LogP contribution in [-0.4, -0.2) is 20.6 Å². The molecular formula is C21H15F3N4O2. The fourth-order valence-corrected chi connectivity index (χ4v) is 2.86. The van der Waals surface area contributed by atoms with Gasteiger partial charge in [0, 0.05) is 29.9 Å². The van der Waals surface area contributed by atoms with Crippen LogP contribution in [0.1, 0.15) is 5.56 Å². The van der Waals surface area contributed by atoms with Gasteiger partial charge in [-0.1, -0.05) is 11.2 Å². The molecule has 1 amide bonds. The summed E-state index contributed by atoms with van der Waals surface area (Å²) in [6.07, 6.45) is 1.66. The van der Waals surface area contributed by atoms with Gasteiger partial charge in [-0.15, -0.1) is 0 Å². The van der Waals surface area contributed by atoms with Crippen molar-refractivity contribution < 1.29 is 22.5 Å². The van der Waals surface area contributed by atoms with Crippen LogP contribution in [0.5, 0.6) is 0 Å². The van der Waals surface area contributed by atoms with Gasteiger partial charge in [0.15, 0.2) is 0 Å². The van der Waals surface area contributed by atoms with Gasteiger partial charge in [-0.05, 0) is 42.5 Å². The number of carbonyl (C=O) groups excluding carboxylic acids is 1. The second-order valence-electron chi connectivity index (χ2n) is 6.46. The molecule has 6 nitrogen and oxygen atoms in total. The number of hydrogen-bond acceptors (Lipinski definition) is 4. The van der Waals surface area contributed by atoms with E-state index in [1.807, 2.05) is 0 Å². The lowest BCUT2D eigenvalue weighted by Crippen LogP contribution is -2.27. The van der Waals surface area contributed by atoms with Crippen LogP contribution in [0.4, 0.5) is 13.2 Å². The lowest BCUT2D eigenvalue weighted by atomic mass is 10.2. The molecule has 0 unspecified atom stereocenters. The summed E-state index contributed by atoms with van der Waals surface area (Å²) in [5.74, 6) is -1.68. The molecular weight excluding hydrogens is 397 g/mol. The molecule has 4 rings (SSSR count). The molecule has 0 aliphatic rings. The molecule has 0 atom stereocenters. The number of rotatable bonds is 6. The van der Waals surface area contributed by atoms with Gasteiger partial charge in [0.1, 0.15) is 29.7 Å². The Kier molecular flexibility index (Phi) is 5.34. The summed E-state index contributed by atoms with van der Waals surface area (Å²) >= 11 is 0. The van der Waals surface area contributed by atoms with Crippen LogP contribution in [0.2, 0.25) is 0 Å². The minimum Gasteiger partial charge on any atom is -0.350 e. The van der Waals surface area contributed by atoms with Crippen molar-refractivity contribution in [2.45, 2.75) is 13.1 Å². The molecule has 9 heteroatoms. The highest BCUT2D eigenvalue weighted by Gasteiger charge is 2.16. The van der Waals surface area contributed by atoms with E-state index in [2.05, 4.69) is 15.5 Å². The van der Waals surface area contributed by atoms with Crippen molar-refractivity contribution in [2.24, 2.45) is 0 Å². The smallest absolute Gasteiger partial charge is 0.274 e.